The van der Waals surface area contributed by atoms with Crippen molar-refractivity contribution >= 4 is 81.6 Å². The summed E-state index contributed by atoms with van der Waals surface area (Å²) in [5, 5.41) is 8.39. The summed E-state index contributed by atoms with van der Waals surface area (Å²) in [6.07, 6.45) is 0. The minimum absolute atomic E-state index is 0. The number of para-hydroxylation sites is 1. The zero-order chi connectivity index (χ0) is 17.5. The molecule has 5 rings (SSSR count). The Kier molecular flexibility index (Phi) is 6.89. The van der Waals surface area contributed by atoms with Gasteiger partial charge < -0.3 is 10.2 Å². The highest BCUT2D eigenvalue weighted by Crippen LogP contribution is 2.40. The molecule has 1 N–H and O–H groups in total. The predicted molar refractivity (Wildman–Crippen MR) is 128 cm³/mol. The number of thioether (sulfide) groups is 2. The van der Waals surface area contributed by atoms with Gasteiger partial charge in [-0.2, -0.15) is 0 Å². The van der Waals surface area contributed by atoms with Gasteiger partial charge in [0.05, 0.1) is 18.8 Å². The average molecular weight is 472 g/mol. The highest BCUT2D eigenvalue weighted by Gasteiger charge is 2.29. The molecule has 146 valence electrons. The first kappa shape index (κ1) is 21.4. The number of nitrogens with one attached hydrogen (secondary N) is 1. The maximum Gasteiger partial charge on any atom is 0.173 e. The molecule has 2 aromatic rings. The van der Waals surface area contributed by atoms with Crippen molar-refractivity contribution in [3.63, 3.8) is 0 Å². The highest BCUT2D eigenvalue weighted by molar-refractivity contribution is 8.17. The van der Waals surface area contributed by atoms with Crippen LogP contribution >= 0.6 is 59.9 Å². The standard InChI is InChI=1S/C19H15ClN4S2.2ClH/c20-15-5-3-7-17-14(15)9-24-13(11-26-19(24)23-17)10-25-18-21-8-12-4-1-2-6-16(12)22-18;;/h1-7,11H,8-10H2,(H,21,22);2*1H. The molecular weight excluding hydrogens is 455 g/mol. The summed E-state index contributed by atoms with van der Waals surface area (Å²) in [5.74, 6) is 0.847. The molecule has 0 aliphatic carbocycles. The molecule has 9 heteroatoms. The smallest absolute Gasteiger partial charge is 0.173 e. The van der Waals surface area contributed by atoms with E-state index in [1.54, 1.807) is 23.5 Å². The molecule has 0 bridgehead atoms. The van der Waals surface area contributed by atoms with Gasteiger partial charge in [-0.05, 0) is 29.2 Å². The number of aliphatic imine (C=N–C) groups is 2. The van der Waals surface area contributed by atoms with Crippen LogP contribution in [0.1, 0.15) is 11.1 Å². The van der Waals surface area contributed by atoms with Crippen LogP contribution in [0.5, 0.6) is 0 Å². The van der Waals surface area contributed by atoms with E-state index < -0.39 is 0 Å². The number of fused-ring (bicyclic) bond motifs is 3. The summed E-state index contributed by atoms with van der Waals surface area (Å²) in [6, 6.07) is 14.2. The third kappa shape index (κ3) is 4.02. The predicted octanol–water partition coefficient (Wildman–Crippen LogP) is 6.29. The molecule has 3 aliphatic rings. The first-order valence-corrected chi connectivity index (χ1v) is 10.5. The molecule has 3 aliphatic heterocycles. The lowest BCUT2D eigenvalue weighted by molar-refractivity contribution is 0.519. The average Bonchev–Trinajstić information content (AvgIpc) is 3.07. The van der Waals surface area contributed by atoms with Crippen molar-refractivity contribution in [2.24, 2.45) is 9.98 Å². The Labute approximate surface area is 189 Å². The molecule has 0 atom stereocenters. The summed E-state index contributed by atoms with van der Waals surface area (Å²) >= 11 is 9.77. The van der Waals surface area contributed by atoms with Crippen LogP contribution < -0.4 is 5.32 Å². The van der Waals surface area contributed by atoms with Crippen LogP contribution in [0, 0.1) is 0 Å². The van der Waals surface area contributed by atoms with Crippen molar-refractivity contribution in [3.8, 4) is 0 Å². The zero-order valence-electron chi connectivity index (χ0n) is 14.6. The van der Waals surface area contributed by atoms with Gasteiger partial charge in [0.15, 0.2) is 10.3 Å². The number of anilines is 1. The lowest BCUT2D eigenvalue weighted by atomic mass is 10.1. The van der Waals surface area contributed by atoms with Crippen molar-refractivity contribution in [2.75, 3.05) is 11.1 Å². The third-order valence-corrected chi connectivity index (χ3v) is 6.72. The molecule has 2 aromatic carbocycles. The summed E-state index contributed by atoms with van der Waals surface area (Å²) < 4.78 is 0. The molecule has 0 saturated carbocycles. The topological polar surface area (TPSA) is 40.0 Å². The Bertz CT molecular complexity index is 991. The second-order valence-corrected chi connectivity index (χ2v) is 8.35. The van der Waals surface area contributed by atoms with E-state index in [9.17, 15) is 0 Å². The molecule has 4 nitrogen and oxygen atoms in total. The fourth-order valence-corrected chi connectivity index (χ4v) is 5.23. The van der Waals surface area contributed by atoms with E-state index in [0.29, 0.717) is 0 Å². The van der Waals surface area contributed by atoms with Crippen LogP contribution in [-0.4, -0.2) is 21.0 Å². The normalized spacial score (nSPS) is 16.2. The molecule has 3 heterocycles. The van der Waals surface area contributed by atoms with Gasteiger partial charge >= 0.3 is 0 Å². The first-order valence-electron chi connectivity index (χ1n) is 8.29. The third-order valence-electron chi connectivity index (χ3n) is 4.51. The number of nitrogens with zero attached hydrogens (tertiary/aromatic N) is 3. The molecule has 0 fully saturated rings. The van der Waals surface area contributed by atoms with Gasteiger partial charge in [0.2, 0.25) is 0 Å². The van der Waals surface area contributed by atoms with Crippen LogP contribution in [0.25, 0.3) is 0 Å². The number of hydrogen-bond acceptors (Lipinski definition) is 6. The summed E-state index contributed by atoms with van der Waals surface area (Å²) in [5.41, 5.74) is 5.71. The second-order valence-electron chi connectivity index (χ2n) is 6.14. The van der Waals surface area contributed by atoms with Crippen LogP contribution in [0.2, 0.25) is 5.02 Å². The second kappa shape index (κ2) is 9.01. The van der Waals surface area contributed by atoms with E-state index in [-0.39, 0.29) is 24.8 Å². The van der Waals surface area contributed by atoms with E-state index in [1.807, 2.05) is 24.3 Å². The molecular formula is C19H17Cl3N4S2. The minimum Gasteiger partial charge on any atom is -0.335 e. The SMILES string of the molecule is Cl.Cl.Clc1cccc2c1CN1C(CSC3=NCc4ccccc4N3)=CSC1=N2. The number of amidine groups is 2. The Morgan fingerprint density at radius 3 is 2.89 bits per heavy atom. The number of hydrogen-bond donors (Lipinski definition) is 1. The molecule has 0 amide bonds. The molecule has 0 aromatic heterocycles. The van der Waals surface area contributed by atoms with E-state index in [2.05, 4.69) is 38.8 Å². The Morgan fingerprint density at radius 2 is 2.00 bits per heavy atom. The first-order chi connectivity index (χ1) is 12.8. The van der Waals surface area contributed by atoms with Gasteiger partial charge in [-0.3, -0.25) is 4.99 Å². The minimum atomic E-state index is 0. The molecule has 0 spiro atoms. The van der Waals surface area contributed by atoms with Crippen molar-refractivity contribution in [1.82, 2.24) is 4.90 Å². The van der Waals surface area contributed by atoms with Crippen LogP contribution in [0.3, 0.4) is 0 Å². The maximum absolute atomic E-state index is 6.37. The highest BCUT2D eigenvalue weighted by atomic mass is 35.5. The maximum atomic E-state index is 6.37. The van der Waals surface area contributed by atoms with Crippen molar-refractivity contribution in [2.45, 2.75) is 13.1 Å². The van der Waals surface area contributed by atoms with Crippen LogP contribution in [0.15, 0.2) is 63.6 Å². The van der Waals surface area contributed by atoms with Crippen molar-refractivity contribution < 1.29 is 0 Å². The van der Waals surface area contributed by atoms with Crippen LogP contribution in [0.4, 0.5) is 11.4 Å². The van der Waals surface area contributed by atoms with Gasteiger partial charge in [-0.1, -0.05) is 59.4 Å². The Hall–Kier alpha value is -1.31. The molecule has 0 unspecified atom stereocenters. The van der Waals surface area contributed by atoms with E-state index in [1.165, 1.54) is 11.3 Å². The van der Waals surface area contributed by atoms with Gasteiger partial charge in [0.25, 0.3) is 0 Å². The Balaban J connectivity index is 0.00000112. The van der Waals surface area contributed by atoms with E-state index >= 15 is 0 Å². The number of benzene rings is 2. The van der Waals surface area contributed by atoms with Crippen molar-refractivity contribution in [1.29, 1.82) is 0 Å². The number of rotatable bonds is 2. The van der Waals surface area contributed by atoms with Gasteiger partial charge in [-0.15, -0.1) is 24.8 Å². The monoisotopic (exact) mass is 470 g/mol. The van der Waals surface area contributed by atoms with E-state index in [4.69, 9.17) is 16.6 Å². The van der Waals surface area contributed by atoms with Gasteiger partial charge in [-0.25, -0.2) is 4.99 Å². The summed E-state index contributed by atoms with van der Waals surface area (Å²) in [6.45, 7) is 1.51. The zero-order valence-corrected chi connectivity index (χ0v) is 18.6. The lowest BCUT2D eigenvalue weighted by Gasteiger charge is -2.27. The quantitative estimate of drug-likeness (QED) is 0.559. The Morgan fingerprint density at radius 1 is 1.14 bits per heavy atom. The fourth-order valence-electron chi connectivity index (χ4n) is 3.12. The number of halogens is 3. The molecule has 0 radical (unpaired) electrons. The summed E-state index contributed by atoms with van der Waals surface area (Å²) in [7, 11) is 0. The lowest BCUT2D eigenvalue weighted by Crippen LogP contribution is -2.28. The van der Waals surface area contributed by atoms with Crippen molar-refractivity contribution in [3.05, 3.63) is 69.7 Å². The molecule has 28 heavy (non-hydrogen) atoms. The molecule has 0 saturated heterocycles. The van der Waals surface area contributed by atoms with Crippen LogP contribution in [-0.2, 0) is 13.1 Å². The largest absolute Gasteiger partial charge is 0.335 e. The van der Waals surface area contributed by atoms with Gasteiger partial charge in [0.1, 0.15) is 0 Å². The summed E-state index contributed by atoms with van der Waals surface area (Å²) in [4.78, 5) is 11.7. The van der Waals surface area contributed by atoms with Gasteiger partial charge in [0, 0.05) is 27.7 Å². The fraction of sp³-hybridized carbons (Fsp3) is 0.158. The van der Waals surface area contributed by atoms with E-state index in [0.717, 1.165) is 51.1 Å².